The Hall–Kier alpha value is -2.93. The van der Waals surface area contributed by atoms with Crippen molar-refractivity contribution in [3.05, 3.63) is 75.2 Å². The zero-order valence-electron chi connectivity index (χ0n) is 16.8. The second-order valence-corrected chi connectivity index (χ2v) is 7.92. The largest absolute Gasteiger partial charge is 0.328 e. The van der Waals surface area contributed by atoms with E-state index in [4.69, 9.17) is 11.6 Å². The van der Waals surface area contributed by atoms with E-state index in [1.165, 1.54) is 36.5 Å². The number of rotatable bonds is 5. The summed E-state index contributed by atoms with van der Waals surface area (Å²) in [6.07, 6.45) is 1.50. The monoisotopic (exact) mass is 433 g/mol. The fourth-order valence-electron chi connectivity index (χ4n) is 3.38. The molecule has 2 amide bonds. The van der Waals surface area contributed by atoms with Crippen LogP contribution in [-0.4, -0.2) is 22.5 Å². The summed E-state index contributed by atoms with van der Waals surface area (Å²) in [7, 11) is 0. The molecule has 1 atom stereocenters. The van der Waals surface area contributed by atoms with Gasteiger partial charge < -0.3 is 15.2 Å². The molecule has 0 saturated heterocycles. The highest BCUT2D eigenvalue weighted by Crippen LogP contribution is 2.29. The van der Waals surface area contributed by atoms with Crippen molar-refractivity contribution in [2.45, 2.75) is 26.8 Å². The Bertz CT molecular complexity index is 1150. The Morgan fingerprint density at radius 3 is 2.57 bits per heavy atom. The third-order valence-corrected chi connectivity index (χ3v) is 5.11. The maximum atomic E-state index is 14.3. The van der Waals surface area contributed by atoms with Crippen LogP contribution in [0.25, 0.3) is 10.8 Å². The molecule has 1 unspecified atom stereocenters. The molecular weight excluding hydrogens is 412 g/mol. The molecule has 5 nitrogen and oxygen atoms in total. The standard InChI is InChI=1S/C22H22ClF2N3O2/c1-12(2)11-28(22(30)27-14-7-8-18(24)17(23)9-14)13(3)16-10-26-21(29)20-15(16)5-4-6-19(20)25/h4-10,12-13H,11H2,1-3H3,(H,26,29)(H,27,30). The van der Waals surface area contributed by atoms with Gasteiger partial charge >= 0.3 is 6.03 Å². The van der Waals surface area contributed by atoms with E-state index in [0.717, 1.165) is 0 Å². The van der Waals surface area contributed by atoms with E-state index < -0.39 is 29.3 Å². The molecule has 0 fully saturated rings. The van der Waals surface area contributed by atoms with E-state index in [-0.39, 0.29) is 16.3 Å². The van der Waals surface area contributed by atoms with Gasteiger partial charge in [-0.3, -0.25) is 4.79 Å². The molecule has 0 spiro atoms. The summed E-state index contributed by atoms with van der Waals surface area (Å²) in [6, 6.07) is 7.43. The van der Waals surface area contributed by atoms with Gasteiger partial charge in [0, 0.05) is 18.4 Å². The Morgan fingerprint density at radius 1 is 1.17 bits per heavy atom. The lowest BCUT2D eigenvalue weighted by atomic mass is 10.0. The van der Waals surface area contributed by atoms with Crippen LogP contribution >= 0.6 is 11.6 Å². The number of aromatic nitrogens is 1. The van der Waals surface area contributed by atoms with Crippen LogP contribution < -0.4 is 10.9 Å². The number of fused-ring (bicyclic) bond motifs is 1. The summed E-state index contributed by atoms with van der Waals surface area (Å²) in [5.74, 6) is -1.06. The van der Waals surface area contributed by atoms with Crippen LogP contribution in [0.15, 0.2) is 47.4 Å². The van der Waals surface area contributed by atoms with Gasteiger partial charge in [-0.15, -0.1) is 0 Å². The van der Waals surface area contributed by atoms with Crippen LogP contribution in [0, 0.1) is 17.6 Å². The molecule has 0 saturated carbocycles. The molecule has 3 rings (SSSR count). The first-order valence-corrected chi connectivity index (χ1v) is 9.89. The average Bonchev–Trinajstić information content (AvgIpc) is 2.68. The van der Waals surface area contributed by atoms with Gasteiger partial charge in [0.05, 0.1) is 16.5 Å². The fourth-order valence-corrected chi connectivity index (χ4v) is 3.56. The van der Waals surface area contributed by atoms with Crippen LogP contribution in [0.5, 0.6) is 0 Å². The topological polar surface area (TPSA) is 65.2 Å². The summed E-state index contributed by atoms with van der Waals surface area (Å²) in [5.41, 5.74) is 0.432. The third kappa shape index (κ3) is 4.46. The van der Waals surface area contributed by atoms with Gasteiger partial charge in [-0.05, 0) is 48.1 Å². The molecule has 0 aliphatic carbocycles. The number of nitrogens with zero attached hydrogens (tertiary/aromatic N) is 1. The molecule has 2 N–H and O–H groups in total. The molecule has 1 aromatic heterocycles. The van der Waals surface area contributed by atoms with Crippen molar-refractivity contribution in [2.75, 3.05) is 11.9 Å². The number of halogens is 3. The first-order valence-electron chi connectivity index (χ1n) is 9.51. The van der Waals surface area contributed by atoms with Gasteiger partial charge in [-0.25, -0.2) is 13.6 Å². The van der Waals surface area contributed by atoms with Crippen molar-refractivity contribution in [2.24, 2.45) is 5.92 Å². The number of benzene rings is 2. The lowest BCUT2D eigenvalue weighted by Crippen LogP contribution is -2.39. The Balaban J connectivity index is 1.99. The molecule has 158 valence electrons. The average molecular weight is 434 g/mol. The zero-order valence-corrected chi connectivity index (χ0v) is 17.6. The lowest BCUT2D eigenvalue weighted by Gasteiger charge is -2.31. The summed E-state index contributed by atoms with van der Waals surface area (Å²) < 4.78 is 27.7. The minimum absolute atomic E-state index is 0.0444. The first-order chi connectivity index (χ1) is 14.2. The van der Waals surface area contributed by atoms with E-state index in [2.05, 4.69) is 10.3 Å². The van der Waals surface area contributed by atoms with Crippen LogP contribution in [0.1, 0.15) is 32.4 Å². The number of pyridine rings is 1. The van der Waals surface area contributed by atoms with Gasteiger partial charge in [0.15, 0.2) is 0 Å². The number of carbonyl (C=O) groups excluding carboxylic acids is 1. The number of anilines is 1. The molecular formula is C22H22ClF2N3O2. The highest BCUT2D eigenvalue weighted by Gasteiger charge is 2.25. The summed E-state index contributed by atoms with van der Waals surface area (Å²) >= 11 is 5.81. The van der Waals surface area contributed by atoms with E-state index in [0.29, 0.717) is 23.2 Å². The van der Waals surface area contributed by atoms with Crippen molar-refractivity contribution >= 4 is 34.1 Å². The predicted molar refractivity (Wildman–Crippen MR) is 115 cm³/mol. The molecule has 0 aliphatic rings. The summed E-state index contributed by atoms with van der Waals surface area (Å²) in [5, 5.41) is 3.03. The predicted octanol–water partition coefficient (Wildman–Crippen LogP) is 5.71. The van der Waals surface area contributed by atoms with Crippen molar-refractivity contribution < 1.29 is 13.6 Å². The summed E-state index contributed by atoms with van der Waals surface area (Å²) in [6.45, 7) is 6.13. The van der Waals surface area contributed by atoms with Crippen LogP contribution in [0.4, 0.5) is 19.3 Å². The van der Waals surface area contributed by atoms with Gasteiger partial charge in [-0.1, -0.05) is 37.6 Å². The highest BCUT2D eigenvalue weighted by molar-refractivity contribution is 6.31. The number of H-pyrrole nitrogens is 1. The van der Waals surface area contributed by atoms with Gasteiger partial charge in [0.25, 0.3) is 5.56 Å². The number of aromatic amines is 1. The molecule has 30 heavy (non-hydrogen) atoms. The SMILES string of the molecule is CC(C)CN(C(=O)Nc1ccc(F)c(Cl)c1)C(C)c1c[nH]c(=O)c2c(F)cccc12. The Labute approximate surface area is 177 Å². The fraction of sp³-hybridized carbons (Fsp3) is 0.273. The first kappa shape index (κ1) is 21.8. The molecule has 0 aliphatic heterocycles. The summed E-state index contributed by atoms with van der Waals surface area (Å²) in [4.78, 5) is 29.3. The van der Waals surface area contributed by atoms with E-state index in [1.807, 2.05) is 13.8 Å². The van der Waals surface area contributed by atoms with Gasteiger partial charge in [0.1, 0.15) is 11.6 Å². The Morgan fingerprint density at radius 2 is 1.90 bits per heavy atom. The van der Waals surface area contributed by atoms with Gasteiger partial charge in [0.2, 0.25) is 0 Å². The minimum atomic E-state index is -0.622. The van der Waals surface area contributed by atoms with Crippen molar-refractivity contribution in [1.82, 2.24) is 9.88 Å². The molecule has 0 radical (unpaired) electrons. The number of carbonyl (C=O) groups is 1. The number of amides is 2. The quantitative estimate of drug-likeness (QED) is 0.541. The van der Waals surface area contributed by atoms with Crippen LogP contribution in [-0.2, 0) is 0 Å². The maximum absolute atomic E-state index is 14.3. The van der Waals surface area contributed by atoms with E-state index >= 15 is 0 Å². The second kappa shape index (κ2) is 8.83. The number of hydrogen-bond donors (Lipinski definition) is 2. The maximum Gasteiger partial charge on any atom is 0.322 e. The number of hydrogen-bond acceptors (Lipinski definition) is 2. The van der Waals surface area contributed by atoms with E-state index in [1.54, 1.807) is 17.9 Å². The smallest absolute Gasteiger partial charge is 0.322 e. The lowest BCUT2D eigenvalue weighted by molar-refractivity contribution is 0.184. The van der Waals surface area contributed by atoms with Crippen LogP contribution in [0.3, 0.4) is 0 Å². The molecule has 8 heteroatoms. The molecule has 0 bridgehead atoms. The third-order valence-electron chi connectivity index (χ3n) is 4.82. The van der Waals surface area contributed by atoms with Gasteiger partial charge in [-0.2, -0.15) is 0 Å². The molecule has 1 heterocycles. The van der Waals surface area contributed by atoms with Crippen molar-refractivity contribution in [3.63, 3.8) is 0 Å². The minimum Gasteiger partial charge on any atom is -0.328 e. The number of nitrogens with one attached hydrogen (secondary N) is 2. The Kier molecular flexibility index (Phi) is 6.41. The van der Waals surface area contributed by atoms with E-state index in [9.17, 15) is 18.4 Å². The van der Waals surface area contributed by atoms with Crippen LogP contribution in [0.2, 0.25) is 5.02 Å². The zero-order chi connectivity index (χ0) is 22.0. The van der Waals surface area contributed by atoms with Crippen molar-refractivity contribution in [1.29, 1.82) is 0 Å². The second-order valence-electron chi connectivity index (χ2n) is 7.52. The van der Waals surface area contributed by atoms with Crippen molar-refractivity contribution in [3.8, 4) is 0 Å². The highest BCUT2D eigenvalue weighted by atomic mass is 35.5. The molecule has 3 aromatic rings. The molecule has 2 aromatic carbocycles. The normalized spacial score (nSPS) is 12.2. The number of urea groups is 1.